The minimum atomic E-state index is 0.144. The Bertz CT molecular complexity index is 1120. The number of aromatic nitrogens is 2. The quantitative estimate of drug-likeness (QED) is 0.544. The van der Waals surface area contributed by atoms with Crippen LogP contribution in [0.15, 0.2) is 42.6 Å². The van der Waals surface area contributed by atoms with E-state index >= 15 is 0 Å². The molecule has 1 saturated heterocycles. The van der Waals surface area contributed by atoms with Gasteiger partial charge in [-0.05, 0) is 68.1 Å². The number of methoxy groups -OCH3 is 1. The molecular formula is C26H32N4O4. The Morgan fingerprint density at radius 3 is 2.71 bits per heavy atom. The Morgan fingerprint density at radius 1 is 1.06 bits per heavy atom. The van der Waals surface area contributed by atoms with E-state index in [9.17, 15) is 0 Å². The molecule has 180 valence electrons. The first kappa shape index (κ1) is 22.7. The smallest absolute Gasteiger partial charge is 0.232 e. The number of fused-ring (bicyclic) bond motifs is 2. The van der Waals surface area contributed by atoms with Crippen LogP contribution in [0, 0.1) is 5.92 Å². The molecule has 0 bridgehead atoms. The summed E-state index contributed by atoms with van der Waals surface area (Å²) < 4.78 is 22.5. The second-order valence-corrected chi connectivity index (χ2v) is 8.94. The fourth-order valence-electron chi connectivity index (χ4n) is 4.71. The average Bonchev–Trinajstić information content (AvgIpc) is 2.88. The summed E-state index contributed by atoms with van der Waals surface area (Å²) in [7, 11) is 1.64. The minimum Gasteiger partial charge on any atom is -0.497 e. The fourth-order valence-corrected chi connectivity index (χ4v) is 4.71. The van der Waals surface area contributed by atoms with Crippen molar-refractivity contribution >= 4 is 11.0 Å². The second kappa shape index (κ2) is 10.4. The lowest BCUT2D eigenvalue weighted by Gasteiger charge is -2.34. The van der Waals surface area contributed by atoms with Gasteiger partial charge in [-0.1, -0.05) is 6.07 Å². The molecule has 0 aliphatic carbocycles. The first-order valence-electron chi connectivity index (χ1n) is 12.0. The average molecular weight is 465 g/mol. The molecule has 1 aromatic heterocycles. The molecule has 2 aliphatic rings. The maximum absolute atomic E-state index is 6.60. The lowest BCUT2D eigenvalue weighted by molar-refractivity contribution is 0.143. The van der Waals surface area contributed by atoms with Crippen LogP contribution >= 0.6 is 0 Å². The zero-order chi connectivity index (χ0) is 23.3. The van der Waals surface area contributed by atoms with Gasteiger partial charge in [0.25, 0.3) is 0 Å². The molecule has 1 fully saturated rings. The summed E-state index contributed by atoms with van der Waals surface area (Å²) in [5, 5.41) is 0. The van der Waals surface area contributed by atoms with E-state index in [-0.39, 0.29) is 6.04 Å². The van der Waals surface area contributed by atoms with Crippen LogP contribution in [-0.2, 0) is 6.42 Å². The van der Waals surface area contributed by atoms with Gasteiger partial charge >= 0.3 is 0 Å². The molecule has 0 radical (unpaired) electrons. The van der Waals surface area contributed by atoms with Crippen LogP contribution < -0.4 is 24.7 Å². The van der Waals surface area contributed by atoms with Gasteiger partial charge < -0.3 is 24.7 Å². The topological polar surface area (TPSA) is 92.0 Å². The number of hydrogen-bond acceptors (Lipinski definition) is 8. The Labute approximate surface area is 200 Å². The van der Waals surface area contributed by atoms with Gasteiger partial charge in [-0.2, -0.15) is 0 Å². The maximum atomic E-state index is 6.60. The molecule has 3 aromatic rings. The van der Waals surface area contributed by atoms with Crippen molar-refractivity contribution in [2.24, 2.45) is 11.7 Å². The van der Waals surface area contributed by atoms with Gasteiger partial charge in [0, 0.05) is 18.7 Å². The van der Waals surface area contributed by atoms with Gasteiger partial charge in [-0.15, -0.1) is 0 Å². The van der Waals surface area contributed by atoms with Crippen LogP contribution in [0.1, 0.15) is 18.4 Å². The lowest BCUT2D eigenvalue weighted by atomic mass is 9.86. The number of nitrogens with two attached hydrogens (primary N) is 1. The number of benzene rings is 2. The Morgan fingerprint density at radius 2 is 1.88 bits per heavy atom. The van der Waals surface area contributed by atoms with Crippen LogP contribution in [-0.4, -0.2) is 67.5 Å². The molecule has 3 heterocycles. The predicted octanol–water partition coefficient (Wildman–Crippen LogP) is 3.07. The third kappa shape index (κ3) is 5.34. The van der Waals surface area contributed by atoms with Gasteiger partial charge in [0.05, 0.1) is 24.3 Å². The summed E-state index contributed by atoms with van der Waals surface area (Å²) in [4.78, 5) is 11.4. The standard InChI is InChI=1S/C26H32N4O4/c1-31-20-3-4-22-23(16-20)29-26(17-28-22)34-11-10-30-8-6-19(7-9-30)21(27)14-18-2-5-24-25(15-18)33-13-12-32-24/h2-5,15-17,19,21H,6-14,27H2,1H3. The highest BCUT2D eigenvalue weighted by molar-refractivity contribution is 5.76. The van der Waals surface area contributed by atoms with E-state index in [4.69, 9.17) is 24.7 Å². The van der Waals surface area contributed by atoms with Crippen molar-refractivity contribution in [3.8, 4) is 23.1 Å². The number of likely N-dealkylation sites (tertiary alicyclic amines) is 1. The zero-order valence-electron chi connectivity index (χ0n) is 19.6. The zero-order valence-corrected chi connectivity index (χ0v) is 19.6. The molecule has 1 atom stereocenters. The molecule has 0 amide bonds. The normalized spacial score (nSPS) is 17.5. The first-order chi connectivity index (χ1) is 16.7. The molecular weight excluding hydrogens is 432 g/mol. The van der Waals surface area contributed by atoms with Crippen molar-refractivity contribution < 1.29 is 18.9 Å². The van der Waals surface area contributed by atoms with E-state index in [0.717, 1.165) is 67.2 Å². The van der Waals surface area contributed by atoms with Crippen molar-refractivity contribution in [3.05, 3.63) is 48.2 Å². The number of piperidine rings is 1. The lowest BCUT2D eigenvalue weighted by Crippen LogP contribution is -2.43. The van der Waals surface area contributed by atoms with Gasteiger partial charge in [-0.3, -0.25) is 4.90 Å². The van der Waals surface area contributed by atoms with Crippen LogP contribution in [0.5, 0.6) is 23.1 Å². The minimum absolute atomic E-state index is 0.144. The van der Waals surface area contributed by atoms with E-state index in [1.165, 1.54) is 5.56 Å². The van der Waals surface area contributed by atoms with E-state index in [2.05, 4.69) is 27.0 Å². The van der Waals surface area contributed by atoms with E-state index in [1.54, 1.807) is 13.3 Å². The molecule has 2 N–H and O–H groups in total. The van der Waals surface area contributed by atoms with Crippen LogP contribution in [0.4, 0.5) is 0 Å². The fraction of sp³-hybridized carbons (Fsp3) is 0.462. The highest BCUT2D eigenvalue weighted by Crippen LogP contribution is 2.32. The Hall–Kier alpha value is -3.10. The molecule has 0 saturated carbocycles. The summed E-state index contributed by atoms with van der Waals surface area (Å²) in [5.41, 5.74) is 9.40. The van der Waals surface area contributed by atoms with Gasteiger partial charge in [-0.25, -0.2) is 9.97 Å². The molecule has 1 unspecified atom stereocenters. The molecule has 5 rings (SSSR count). The van der Waals surface area contributed by atoms with Gasteiger partial charge in [0.2, 0.25) is 5.88 Å². The second-order valence-electron chi connectivity index (χ2n) is 8.94. The number of rotatable bonds is 8. The SMILES string of the molecule is COc1ccc2ncc(OCCN3CCC(C(N)Cc4ccc5c(c4)OCCO5)CC3)nc2c1. The Kier molecular flexibility index (Phi) is 6.97. The molecule has 2 aliphatic heterocycles. The summed E-state index contributed by atoms with van der Waals surface area (Å²) >= 11 is 0. The highest BCUT2D eigenvalue weighted by atomic mass is 16.6. The van der Waals surface area contributed by atoms with Gasteiger partial charge in [0.1, 0.15) is 25.6 Å². The van der Waals surface area contributed by atoms with Crippen LogP contribution in [0.25, 0.3) is 11.0 Å². The van der Waals surface area contributed by atoms with Crippen molar-refractivity contribution in [1.29, 1.82) is 0 Å². The van der Waals surface area contributed by atoms with Crippen molar-refractivity contribution in [2.75, 3.05) is 46.6 Å². The number of nitrogens with zero attached hydrogens (tertiary/aromatic N) is 3. The Balaban J connectivity index is 1.07. The van der Waals surface area contributed by atoms with Crippen molar-refractivity contribution in [2.45, 2.75) is 25.3 Å². The molecule has 8 nitrogen and oxygen atoms in total. The summed E-state index contributed by atoms with van der Waals surface area (Å²) in [5.74, 6) is 3.48. The molecule has 8 heteroatoms. The maximum Gasteiger partial charge on any atom is 0.232 e. The van der Waals surface area contributed by atoms with Gasteiger partial charge in [0.15, 0.2) is 11.5 Å². The first-order valence-corrected chi connectivity index (χ1v) is 12.0. The van der Waals surface area contributed by atoms with Crippen LogP contribution in [0.3, 0.4) is 0 Å². The largest absolute Gasteiger partial charge is 0.497 e. The molecule has 0 spiro atoms. The molecule has 2 aromatic carbocycles. The third-order valence-electron chi connectivity index (χ3n) is 6.70. The number of ether oxygens (including phenoxy) is 4. The third-order valence-corrected chi connectivity index (χ3v) is 6.70. The predicted molar refractivity (Wildman–Crippen MR) is 130 cm³/mol. The monoisotopic (exact) mass is 464 g/mol. The summed E-state index contributed by atoms with van der Waals surface area (Å²) in [6.07, 6.45) is 4.73. The van der Waals surface area contributed by atoms with E-state index in [1.807, 2.05) is 24.3 Å². The highest BCUT2D eigenvalue weighted by Gasteiger charge is 2.25. The van der Waals surface area contributed by atoms with E-state index < -0.39 is 0 Å². The molecule has 34 heavy (non-hydrogen) atoms. The summed E-state index contributed by atoms with van der Waals surface area (Å²) in [6.45, 7) is 4.72. The van der Waals surface area contributed by atoms with Crippen molar-refractivity contribution in [3.63, 3.8) is 0 Å². The van der Waals surface area contributed by atoms with E-state index in [0.29, 0.717) is 31.6 Å². The summed E-state index contributed by atoms with van der Waals surface area (Å²) in [6, 6.07) is 12.0. The van der Waals surface area contributed by atoms with Crippen LogP contribution in [0.2, 0.25) is 0 Å². The van der Waals surface area contributed by atoms with Crippen molar-refractivity contribution in [1.82, 2.24) is 14.9 Å². The number of hydrogen-bond donors (Lipinski definition) is 1.